The average molecular weight is 533 g/mol. The van der Waals surface area contributed by atoms with Crippen molar-refractivity contribution >= 4 is 34.8 Å². The lowest BCUT2D eigenvalue weighted by Crippen LogP contribution is -2.29. The molecular formula is C27H20INO3. The van der Waals surface area contributed by atoms with Gasteiger partial charge in [0.2, 0.25) is 5.91 Å². The van der Waals surface area contributed by atoms with Crippen LogP contribution in [-0.2, 0) is 4.79 Å². The molecule has 0 aromatic heterocycles. The highest BCUT2D eigenvalue weighted by molar-refractivity contribution is 14.1. The van der Waals surface area contributed by atoms with Gasteiger partial charge in [0.1, 0.15) is 0 Å². The summed E-state index contributed by atoms with van der Waals surface area (Å²) in [5.74, 6) is -0.521. The van der Waals surface area contributed by atoms with Gasteiger partial charge < -0.3 is 3.07 Å². The first-order valence-corrected chi connectivity index (χ1v) is 11.0. The normalized spacial score (nSPS) is 10.4. The van der Waals surface area contributed by atoms with Crippen LogP contribution in [-0.4, -0.2) is 11.8 Å². The van der Waals surface area contributed by atoms with Gasteiger partial charge in [-0.1, -0.05) is 91.0 Å². The van der Waals surface area contributed by atoms with E-state index in [1.54, 1.807) is 23.0 Å². The molecule has 32 heavy (non-hydrogen) atoms. The third kappa shape index (κ3) is 4.43. The summed E-state index contributed by atoms with van der Waals surface area (Å²) in [5, 5.41) is 2.44. The van der Waals surface area contributed by atoms with Crippen LogP contribution in [0.3, 0.4) is 0 Å². The minimum atomic E-state index is -0.502. The summed E-state index contributed by atoms with van der Waals surface area (Å²) in [6.45, 7) is 1.32. The Morgan fingerprint density at radius 1 is 0.719 bits per heavy atom. The fourth-order valence-electron chi connectivity index (χ4n) is 3.77. The lowest BCUT2D eigenvalue weighted by Gasteiger charge is -2.21. The van der Waals surface area contributed by atoms with Gasteiger partial charge in [-0.3, -0.25) is 14.9 Å². The SMILES string of the molecule is CC(=O)NC(=O)c1c(OI)c(-c2ccccc2)cc(-c2ccccc2)c1-c1ccccc1. The van der Waals surface area contributed by atoms with Crippen molar-refractivity contribution in [2.75, 3.05) is 0 Å². The Hall–Kier alpha value is -3.45. The van der Waals surface area contributed by atoms with E-state index in [1.807, 2.05) is 97.1 Å². The van der Waals surface area contributed by atoms with E-state index in [9.17, 15) is 9.59 Å². The minimum absolute atomic E-state index is 0.320. The van der Waals surface area contributed by atoms with Gasteiger partial charge in [0.15, 0.2) is 28.8 Å². The molecule has 158 valence electrons. The molecule has 4 rings (SSSR count). The molecule has 0 bridgehead atoms. The van der Waals surface area contributed by atoms with Crippen molar-refractivity contribution in [1.29, 1.82) is 0 Å². The quantitative estimate of drug-likeness (QED) is 0.291. The summed E-state index contributed by atoms with van der Waals surface area (Å²) in [5.41, 5.74) is 5.40. The van der Waals surface area contributed by atoms with E-state index < -0.39 is 11.8 Å². The monoisotopic (exact) mass is 533 g/mol. The zero-order valence-electron chi connectivity index (χ0n) is 17.3. The van der Waals surface area contributed by atoms with Crippen molar-refractivity contribution in [3.8, 4) is 39.1 Å². The Bertz CT molecular complexity index is 1260. The second kappa shape index (κ2) is 9.78. The van der Waals surface area contributed by atoms with Crippen LogP contribution in [0.1, 0.15) is 17.3 Å². The number of hydrogen-bond donors (Lipinski definition) is 1. The van der Waals surface area contributed by atoms with E-state index >= 15 is 0 Å². The zero-order chi connectivity index (χ0) is 22.5. The number of imide groups is 1. The van der Waals surface area contributed by atoms with Crippen LogP contribution >= 0.6 is 23.0 Å². The molecule has 4 aromatic carbocycles. The van der Waals surface area contributed by atoms with Crippen LogP contribution in [0.2, 0.25) is 0 Å². The molecule has 0 atom stereocenters. The lowest BCUT2D eigenvalue weighted by atomic mass is 9.86. The van der Waals surface area contributed by atoms with Crippen LogP contribution in [0.4, 0.5) is 0 Å². The van der Waals surface area contributed by atoms with E-state index in [-0.39, 0.29) is 0 Å². The van der Waals surface area contributed by atoms with Gasteiger partial charge in [0, 0.05) is 18.1 Å². The zero-order valence-corrected chi connectivity index (χ0v) is 19.5. The molecule has 0 aliphatic rings. The molecule has 0 saturated carbocycles. The summed E-state index contributed by atoms with van der Waals surface area (Å²) in [6.07, 6.45) is 0. The first kappa shape index (κ1) is 21.8. The van der Waals surface area contributed by atoms with Crippen molar-refractivity contribution in [1.82, 2.24) is 5.32 Å². The number of nitrogens with one attached hydrogen (secondary N) is 1. The van der Waals surface area contributed by atoms with Crippen LogP contribution < -0.4 is 8.38 Å². The number of benzene rings is 4. The Kier molecular flexibility index (Phi) is 6.66. The molecule has 1 N–H and O–H groups in total. The first-order chi connectivity index (χ1) is 15.6. The van der Waals surface area contributed by atoms with Crippen molar-refractivity contribution in [2.24, 2.45) is 0 Å². The maximum atomic E-state index is 13.4. The highest BCUT2D eigenvalue weighted by Crippen LogP contribution is 2.46. The van der Waals surface area contributed by atoms with E-state index in [0.717, 1.165) is 27.8 Å². The maximum Gasteiger partial charge on any atom is 0.262 e. The molecule has 2 amide bonds. The molecule has 4 nitrogen and oxygen atoms in total. The van der Waals surface area contributed by atoms with Crippen LogP contribution in [0.25, 0.3) is 33.4 Å². The second-order valence-electron chi connectivity index (χ2n) is 7.24. The third-order valence-electron chi connectivity index (χ3n) is 5.11. The Morgan fingerprint density at radius 2 is 1.19 bits per heavy atom. The van der Waals surface area contributed by atoms with Gasteiger partial charge >= 0.3 is 0 Å². The summed E-state index contributed by atoms with van der Waals surface area (Å²) < 4.78 is 5.78. The number of carbonyl (C=O) groups excluding carboxylic acids is 2. The Balaban J connectivity index is 2.15. The number of amides is 2. The van der Waals surface area contributed by atoms with Gasteiger partial charge in [-0.05, 0) is 28.3 Å². The fraction of sp³-hybridized carbons (Fsp3) is 0.0370. The van der Waals surface area contributed by atoms with Crippen molar-refractivity contribution < 1.29 is 12.7 Å². The number of rotatable bonds is 5. The van der Waals surface area contributed by atoms with Gasteiger partial charge in [0.25, 0.3) is 5.91 Å². The largest absolute Gasteiger partial charge is 0.426 e. The molecule has 0 aliphatic heterocycles. The predicted octanol–water partition coefficient (Wildman–Crippen LogP) is 6.69. The van der Waals surface area contributed by atoms with Gasteiger partial charge in [0.05, 0.1) is 5.56 Å². The summed E-state index contributed by atoms with van der Waals surface area (Å²) in [7, 11) is 0. The first-order valence-electron chi connectivity index (χ1n) is 10.1. The number of halogens is 1. The fourth-order valence-corrected chi connectivity index (χ4v) is 4.22. The maximum absolute atomic E-state index is 13.4. The van der Waals surface area contributed by atoms with Crippen LogP contribution in [0, 0.1) is 0 Å². The molecule has 0 aliphatic carbocycles. The second-order valence-corrected chi connectivity index (χ2v) is 7.68. The van der Waals surface area contributed by atoms with Crippen LogP contribution in [0.5, 0.6) is 5.75 Å². The topological polar surface area (TPSA) is 55.4 Å². The van der Waals surface area contributed by atoms with E-state index in [0.29, 0.717) is 16.9 Å². The minimum Gasteiger partial charge on any atom is -0.426 e. The Morgan fingerprint density at radius 3 is 1.66 bits per heavy atom. The van der Waals surface area contributed by atoms with Gasteiger partial charge in [-0.25, -0.2) is 0 Å². The molecule has 5 heteroatoms. The molecule has 0 fully saturated rings. The van der Waals surface area contributed by atoms with Crippen molar-refractivity contribution in [3.63, 3.8) is 0 Å². The highest BCUT2D eigenvalue weighted by atomic mass is 127. The smallest absolute Gasteiger partial charge is 0.262 e. The molecule has 0 saturated heterocycles. The standard InChI is InChI=1S/C27H20INO3/c1-18(30)29-27(31)25-24(21-15-9-4-10-16-21)22(19-11-5-2-6-12-19)17-23(26(25)32-28)20-13-7-3-8-14-20/h2-17H,1H3,(H,29,30,31). The third-order valence-corrected chi connectivity index (χ3v) is 5.55. The number of hydrogen-bond acceptors (Lipinski definition) is 3. The molecule has 0 spiro atoms. The van der Waals surface area contributed by atoms with E-state index in [2.05, 4.69) is 5.32 Å². The van der Waals surface area contributed by atoms with E-state index in [4.69, 9.17) is 3.07 Å². The van der Waals surface area contributed by atoms with Gasteiger partial charge in [-0.2, -0.15) is 0 Å². The van der Waals surface area contributed by atoms with Gasteiger partial charge in [-0.15, -0.1) is 0 Å². The Labute approximate surface area is 200 Å². The lowest BCUT2D eigenvalue weighted by molar-refractivity contribution is -0.118. The van der Waals surface area contributed by atoms with Crippen molar-refractivity contribution in [2.45, 2.75) is 6.92 Å². The molecule has 4 aromatic rings. The highest BCUT2D eigenvalue weighted by Gasteiger charge is 2.27. The predicted molar refractivity (Wildman–Crippen MR) is 136 cm³/mol. The molecule has 0 heterocycles. The summed E-state index contributed by atoms with van der Waals surface area (Å²) in [6, 6.07) is 31.4. The average Bonchev–Trinajstić information content (AvgIpc) is 2.84. The number of carbonyl (C=O) groups is 2. The summed E-state index contributed by atoms with van der Waals surface area (Å²) >= 11 is 1.80. The van der Waals surface area contributed by atoms with E-state index in [1.165, 1.54) is 6.92 Å². The van der Waals surface area contributed by atoms with Crippen LogP contribution in [0.15, 0.2) is 97.1 Å². The van der Waals surface area contributed by atoms with Crippen molar-refractivity contribution in [3.05, 3.63) is 103 Å². The molecular weight excluding hydrogens is 513 g/mol. The summed E-state index contributed by atoms with van der Waals surface area (Å²) in [4.78, 5) is 25.2. The molecule has 0 radical (unpaired) electrons. The molecule has 0 unspecified atom stereocenters.